The summed E-state index contributed by atoms with van der Waals surface area (Å²) in [6.07, 6.45) is -2.70. The smallest absolute Gasteiger partial charge is 0.179 e. The molecule has 4 aliphatic carbocycles. The van der Waals surface area contributed by atoms with Crippen LogP contribution in [-0.4, -0.2) is 44.2 Å². The number of alkyl halides is 2. The maximum absolute atomic E-state index is 13.1. The first-order chi connectivity index (χ1) is 15.2. The standard InChI is InChI=1S/C22H28Cl2O4/c1-12-8-16-15-5-4-13-9-14(25)6-7-19(13,2)21(15,24)17(26)10-20(16,3)22(12,28)18(27)11-23/h6-7,9,12,15-17,26,28H,4-5,8,10-11H2,1-3H3/t12-,15+,16+,17+,19+,20+,21+,22+/m1/s1/i4D2,6D,9D,11D2. The molecule has 0 aliphatic heterocycles. The van der Waals surface area contributed by atoms with Crippen molar-refractivity contribution in [3.8, 4) is 0 Å². The van der Waals surface area contributed by atoms with Crippen molar-refractivity contribution in [1.82, 2.24) is 0 Å². The average Bonchev–Trinajstić information content (AvgIpc) is 2.88. The Bertz CT molecular complexity index is 1060. The molecule has 0 aromatic heterocycles. The van der Waals surface area contributed by atoms with Crippen molar-refractivity contribution in [3.05, 3.63) is 23.8 Å². The molecule has 0 radical (unpaired) electrons. The molecule has 0 unspecified atom stereocenters. The van der Waals surface area contributed by atoms with Gasteiger partial charge in [0.25, 0.3) is 0 Å². The first-order valence-corrected chi connectivity index (χ1v) is 10.3. The Labute approximate surface area is 184 Å². The number of ketones is 2. The van der Waals surface area contributed by atoms with Crippen LogP contribution in [0.25, 0.3) is 0 Å². The highest BCUT2D eigenvalue weighted by Crippen LogP contribution is 2.71. The van der Waals surface area contributed by atoms with Gasteiger partial charge in [-0.2, -0.15) is 0 Å². The van der Waals surface area contributed by atoms with Crippen LogP contribution in [0, 0.1) is 28.6 Å². The summed E-state index contributed by atoms with van der Waals surface area (Å²) in [6, 6.07) is -1.14. The Morgan fingerprint density at radius 1 is 1.46 bits per heavy atom. The molecule has 0 aromatic rings. The molecule has 6 heteroatoms. The second kappa shape index (κ2) is 6.16. The number of rotatable bonds is 2. The third-order valence-electron chi connectivity index (χ3n) is 8.11. The van der Waals surface area contributed by atoms with Gasteiger partial charge < -0.3 is 10.2 Å². The Kier molecular flexibility index (Phi) is 3.16. The molecular weight excluding hydrogens is 399 g/mol. The van der Waals surface area contributed by atoms with Crippen LogP contribution in [0.2, 0.25) is 0 Å². The molecule has 0 bridgehead atoms. The van der Waals surface area contributed by atoms with Crippen molar-refractivity contribution in [3.63, 3.8) is 0 Å². The zero-order valence-corrected chi connectivity index (χ0v) is 17.5. The number of halogens is 2. The van der Waals surface area contributed by atoms with E-state index in [2.05, 4.69) is 0 Å². The van der Waals surface area contributed by atoms with Gasteiger partial charge in [0.2, 0.25) is 0 Å². The van der Waals surface area contributed by atoms with E-state index in [0.717, 1.165) is 0 Å². The van der Waals surface area contributed by atoms with Gasteiger partial charge in [0.1, 0.15) is 5.60 Å². The fraction of sp³-hybridized carbons (Fsp3) is 0.727. The molecule has 3 fully saturated rings. The number of carbonyl (C=O) groups is 2. The van der Waals surface area contributed by atoms with E-state index >= 15 is 0 Å². The number of aliphatic hydroxyl groups is 2. The van der Waals surface area contributed by atoms with Crippen molar-refractivity contribution in [2.75, 3.05) is 5.83 Å². The van der Waals surface area contributed by atoms with Crippen LogP contribution in [0.1, 0.15) is 54.6 Å². The number of allylic oxidation sites excluding steroid dienone is 4. The molecule has 0 heterocycles. The molecule has 8 atom stereocenters. The van der Waals surface area contributed by atoms with Crippen LogP contribution in [0.4, 0.5) is 0 Å². The summed E-state index contributed by atoms with van der Waals surface area (Å²) in [5.74, 6) is -7.17. The highest BCUT2D eigenvalue weighted by Gasteiger charge is 2.74. The fourth-order valence-corrected chi connectivity index (χ4v) is 7.14. The van der Waals surface area contributed by atoms with Crippen LogP contribution in [0.3, 0.4) is 0 Å². The van der Waals surface area contributed by atoms with Gasteiger partial charge >= 0.3 is 0 Å². The second-order valence-corrected chi connectivity index (χ2v) is 9.96. The first-order valence-electron chi connectivity index (χ1n) is 12.5. The number of Topliss-reactive ketones (excluding diaryl/α,β-unsaturated/α-hetero) is 1. The molecule has 0 aromatic carbocycles. The van der Waals surface area contributed by atoms with Crippen molar-refractivity contribution in [1.29, 1.82) is 0 Å². The number of hydrogen-bond donors (Lipinski definition) is 2. The monoisotopic (exact) mass is 432 g/mol. The lowest BCUT2D eigenvalue weighted by Gasteiger charge is -2.63. The molecule has 2 N–H and O–H groups in total. The van der Waals surface area contributed by atoms with Gasteiger partial charge in [0, 0.05) is 13.6 Å². The molecule has 28 heavy (non-hydrogen) atoms. The summed E-state index contributed by atoms with van der Waals surface area (Å²) in [6.45, 7) is 4.70. The fourth-order valence-electron chi connectivity index (χ4n) is 6.54. The molecule has 154 valence electrons. The van der Waals surface area contributed by atoms with E-state index in [0.29, 0.717) is 0 Å². The largest absolute Gasteiger partial charge is 0.391 e. The van der Waals surface area contributed by atoms with Crippen LogP contribution >= 0.6 is 23.2 Å². The Hall–Kier alpha value is -0.680. The summed E-state index contributed by atoms with van der Waals surface area (Å²) in [5.41, 5.74) is -5.34. The van der Waals surface area contributed by atoms with Gasteiger partial charge in [-0.3, -0.25) is 9.59 Å². The predicted octanol–water partition coefficient (Wildman–Crippen LogP) is 3.41. The van der Waals surface area contributed by atoms with E-state index in [4.69, 9.17) is 31.4 Å². The number of carbonyl (C=O) groups excluding carboxylic acids is 2. The van der Waals surface area contributed by atoms with E-state index in [-0.39, 0.29) is 24.8 Å². The Balaban J connectivity index is 1.95. The molecular formula is C22H28Cl2O4. The number of fused-ring (bicyclic) bond motifs is 5. The summed E-state index contributed by atoms with van der Waals surface area (Å²) < 4.78 is 49.5. The van der Waals surface area contributed by atoms with Crippen LogP contribution in [0.5, 0.6) is 0 Å². The molecule has 0 saturated heterocycles. The number of aliphatic hydroxyl groups excluding tert-OH is 1. The molecule has 0 amide bonds. The summed E-state index contributed by atoms with van der Waals surface area (Å²) in [5, 5.41) is 23.2. The van der Waals surface area contributed by atoms with Crippen molar-refractivity contribution < 1.29 is 28.0 Å². The molecule has 4 rings (SSSR count). The second-order valence-electron chi connectivity index (χ2n) is 9.15. The third kappa shape index (κ3) is 2.16. The quantitative estimate of drug-likeness (QED) is 0.655. The maximum atomic E-state index is 13.1. The zero-order chi connectivity index (χ0) is 26.0. The first kappa shape index (κ1) is 14.3. The minimum absolute atomic E-state index is 0.177. The van der Waals surface area contributed by atoms with Crippen molar-refractivity contribution in [2.24, 2.45) is 28.6 Å². The summed E-state index contributed by atoms with van der Waals surface area (Å²) in [4.78, 5) is 23.9. The van der Waals surface area contributed by atoms with Crippen molar-refractivity contribution in [2.45, 2.75) is 63.0 Å². The normalized spacial score (nSPS) is 58.7. The lowest BCUT2D eigenvalue weighted by atomic mass is 9.45. The Morgan fingerprint density at radius 3 is 2.79 bits per heavy atom. The highest BCUT2D eigenvalue weighted by atomic mass is 35.5. The third-order valence-corrected chi connectivity index (χ3v) is 9.21. The van der Waals surface area contributed by atoms with E-state index in [9.17, 15) is 19.8 Å². The molecule has 4 nitrogen and oxygen atoms in total. The van der Waals surface area contributed by atoms with Gasteiger partial charge in [-0.15, -0.1) is 23.2 Å². The minimum atomic E-state index is -2.85. The van der Waals surface area contributed by atoms with E-state index in [1.807, 2.05) is 0 Å². The zero-order valence-electron chi connectivity index (χ0n) is 22.0. The summed E-state index contributed by atoms with van der Waals surface area (Å²) >= 11 is 13.0. The minimum Gasteiger partial charge on any atom is -0.391 e. The van der Waals surface area contributed by atoms with Crippen LogP contribution in [-0.2, 0) is 9.59 Å². The molecule has 4 aliphatic rings. The lowest BCUT2D eigenvalue weighted by molar-refractivity contribution is -0.175. The van der Waals surface area contributed by atoms with Crippen molar-refractivity contribution >= 4 is 34.8 Å². The van der Waals surface area contributed by atoms with Gasteiger partial charge in [-0.1, -0.05) is 32.4 Å². The van der Waals surface area contributed by atoms with Gasteiger partial charge in [0.15, 0.2) is 11.6 Å². The molecule has 3 saturated carbocycles. The van der Waals surface area contributed by atoms with E-state index in [1.165, 1.54) is 13.0 Å². The van der Waals surface area contributed by atoms with Gasteiger partial charge in [0.05, 0.1) is 22.3 Å². The van der Waals surface area contributed by atoms with E-state index in [1.54, 1.807) is 13.8 Å². The summed E-state index contributed by atoms with van der Waals surface area (Å²) in [7, 11) is 0. The topological polar surface area (TPSA) is 74.6 Å². The van der Waals surface area contributed by atoms with Crippen LogP contribution < -0.4 is 0 Å². The number of hydrogen-bond acceptors (Lipinski definition) is 4. The van der Waals surface area contributed by atoms with Gasteiger partial charge in [-0.05, 0) is 55.5 Å². The molecule has 0 spiro atoms. The van der Waals surface area contributed by atoms with Crippen LogP contribution in [0.15, 0.2) is 23.8 Å². The SMILES string of the molecule is [2H]C1=C[C@@]2(C)C(=C([2H])C1=O)C([2H])([2H])C[C@H]1[C@@H]3C[C@@H](C)[C@](O)(C(=O)C([2H])([2H])Cl)[C@@]3(C)C[C@H](O)[C@@]12Cl. The highest BCUT2D eigenvalue weighted by molar-refractivity contribution is 6.29. The predicted molar refractivity (Wildman–Crippen MR) is 108 cm³/mol. The van der Waals surface area contributed by atoms with Gasteiger partial charge in [-0.25, -0.2) is 0 Å². The maximum Gasteiger partial charge on any atom is 0.179 e. The Morgan fingerprint density at radius 2 is 2.14 bits per heavy atom. The average molecular weight is 433 g/mol. The van der Waals surface area contributed by atoms with E-state index < -0.39 is 81.0 Å². The lowest BCUT2D eigenvalue weighted by Crippen LogP contribution is -2.68.